The summed E-state index contributed by atoms with van der Waals surface area (Å²) in [5.41, 5.74) is 0.821. The highest BCUT2D eigenvalue weighted by Gasteiger charge is 2.33. The number of carbonyl (C=O) groups excluding carboxylic acids is 2. The molecule has 1 unspecified atom stereocenters. The first-order chi connectivity index (χ1) is 14.5. The summed E-state index contributed by atoms with van der Waals surface area (Å²) >= 11 is 13.3. The van der Waals surface area contributed by atoms with Crippen molar-refractivity contribution in [1.29, 1.82) is 0 Å². The molecule has 4 rings (SSSR count). The van der Waals surface area contributed by atoms with Gasteiger partial charge in [-0.2, -0.15) is 0 Å². The van der Waals surface area contributed by atoms with E-state index in [4.69, 9.17) is 23.2 Å². The second-order valence-corrected chi connectivity index (χ2v) is 8.41. The smallest absolute Gasteiger partial charge is 0.274 e. The van der Waals surface area contributed by atoms with E-state index < -0.39 is 6.04 Å². The van der Waals surface area contributed by atoms with Gasteiger partial charge in [0.25, 0.3) is 5.91 Å². The number of thiazole rings is 1. The maximum Gasteiger partial charge on any atom is 0.274 e. The van der Waals surface area contributed by atoms with Gasteiger partial charge >= 0.3 is 0 Å². The molecular formula is C20H17Cl2N5O2S. The zero-order valence-electron chi connectivity index (χ0n) is 15.7. The van der Waals surface area contributed by atoms with Crippen LogP contribution in [0.25, 0.3) is 10.8 Å². The van der Waals surface area contributed by atoms with E-state index in [2.05, 4.69) is 20.3 Å². The van der Waals surface area contributed by atoms with Crippen LogP contribution in [0.5, 0.6) is 0 Å². The summed E-state index contributed by atoms with van der Waals surface area (Å²) in [6.45, 7) is 0.493. The second kappa shape index (κ2) is 9.07. The van der Waals surface area contributed by atoms with E-state index in [1.807, 2.05) is 0 Å². The molecule has 1 saturated heterocycles. The fourth-order valence-corrected chi connectivity index (χ4v) is 4.31. The number of hydrogen-bond donors (Lipinski definition) is 1. The third kappa shape index (κ3) is 4.45. The van der Waals surface area contributed by atoms with Gasteiger partial charge in [-0.05, 0) is 43.5 Å². The lowest BCUT2D eigenvalue weighted by Gasteiger charge is -2.34. The number of nitrogens with one attached hydrogen (secondary N) is 1. The van der Waals surface area contributed by atoms with Crippen molar-refractivity contribution >= 4 is 52.0 Å². The van der Waals surface area contributed by atoms with Crippen LogP contribution in [0, 0.1) is 0 Å². The van der Waals surface area contributed by atoms with Crippen LogP contribution in [-0.4, -0.2) is 44.3 Å². The first-order valence-corrected chi connectivity index (χ1v) is 11.0. The molecule has 0 radical (unpaired) electrons. The van der Waals surface area contributed by atoms with Gasteiger partial charge in [0.05, 0.1) is 10.0 Å². The minimum atomic E-state index is -0.584. The Kier molecular flexibility index (Phi) is 6.26. The Labute approximate surface area is 187 Å². The van der Waals surface area contributed by atoms with E-state index in [-0.39, 0.29) is 17.5 Å². The van der Waals surface area contributed by atoms with Crippen LogP contribution in [0.1, 0.15) is 29.8 Å². The van der Waals surface area contributed by atoms with Crippen molar-refractivity contribution in [3.8, 4) is 10.8 Å². The molecule has 0 aliphatic carbocycles. The number of halogens is 2. The van der Waals surface area contributed by atoms with E-state index in [0.717, 1.165) is 12.8 Å². The average Bonchev–Trinajstić information content (AvgIpc) is 3.27. The SMILES string of the molecule is O=C(Nc1ccc(Cl)c(Cl)c1)C1CCCCN1C(=O)c1csc(-c2ncccn2)n1. The molecule has 7 nitrogen and oxygen atoms in total. The van der Waals surface area contributed by atoms with Crippen LogP contribution in [-0.2, 0) is 4.79 Å². The molecule has 0 saturated carbocycles. The molecule has 10 heteroatoms. The summed E-state index contributed by atoms with van der Waals surface area (Å²) in [5, 5.41) is 5.83. The van der Waals surface area contributed by atoms with Gasteiger partial charge in [0.15, 0.2) is 10.8 Å². The first-order valence-electron chi connectivity index (χ1n) is 9.33. The Balaban J connectivity index is 1.51. The fourth-order valence-electron chi connectivity index (χ4n) is 3.28. The van der Waals surface area contributed by atoms with Crippen molar-refractivity contribution in [3.05, 3.63) is 57.8 Å². The number of carbonyl (C=O) groups is 2. The van der Waals surface area contributed by atoms with Crippen LogP contribution in [0.2, 0.25) is 10.0 Å². The molecular weight excluding hydrogens is 445 g/mol. The number of piperidine rings is 1. The van der Waals surface area contributed by atoms with Gasteiger partial charge in [-0.25, -0.2) is 15.0 Å². The topological polar surface area (TPSA) is 88.1 Å². The molecule has 1 aliphatic heterocycles. The molecule has 1 atom stereocenters. The van der Waals surface area contributed by atoms with Crippen LogP contribution in [0.15, 0.2) is 42.0 Å². The van der Waals surface area contributed by atoms with Crippen molar-refractivity contribution < 1.29 is 9.59 Å². The summed E-state index contributed by atoms with van der Waals surface area (Å²) in [7, 11) is 0. The van der Waals surface area contributed by atoms with Crippen molar-refractivity contribution in [2.75, 3.05) is 11.9 Å². The number of anilines is 1. The lowest BCUT2D eigenvalue weighted by Crippen LogP contribution is -2.50. The minimum absolute atomic E-state index is 0.261. The Hall–Kier alpha value is -2.55. The van der Waals surface area contributed by atoms with Gasteiger partial charge < -0.3 is 10.2 Å². The monoisotopic (exact) mass is 461 g/mol. The van der Waals surface area contributed by atoms with E-state index in [1.165, 1.54) is 11.3 Å². The van der Waals surface area contributed by atoms with Gasteiger partial charge in [0.2, 0.25) is 5.91 Å². The van der Waals surface area contributed by atoms with Crippen molar-refractivity contribution in [3.63, 3.8) is 0 Å². The molecule has 1 N–H and O–H groups in total. The molecule has 0 spiro atoms. The zero-order valence-corrected chi connectivity index (χ0v) is 18.0. The van der Waals surface area contributed by atoms with Crippen LogP contribution in [0.4, 0.5) is 5.69 Å². The van der Waals surface area contributed by atoms with Gasteiger partial charge in [0.1, 0.15) is 11.7 Å². The summed E-state index contributed by atoms with van der Waals surface area (Å²) in [6.07, 6.45) is 5.53. The van der Waals surface area contributed by atoms with Crippen LogP contribution >= 0.6 is 34.5 Å². The third-order valence-corrected chi connectivity index (χ3v) is 6.31. The molecule has 30 heavy (non-hydrogen) atoms. The summed E-state index contributed by atoms with van der Waals surface area (Å²) < 4.78 is 0. The molecule has 1 aliphatic rings. The predicted molar refractivity (Wildman–Crippen MR) is 117 cm³/mol. The Bertz CT molecular complexity index is 1080. The predicted octanol–water partition coefficient (Wildman–Crippen LogP) is 4.54. The van der Waals surface area contributed by atoms with Crippen molar-refractivity contribution in [2.45, 2.75) is 25.3 Å². The third-order valence-electron chi connectivity index (χ3n) is 4.73. The second-order valence-electron chi connectivity index (χ2n) is 6.74. The number of aromatic nitrogens is 3. The highest BCUT2D eigenvalue weighted by atomic mass is 35.5. The maximum absolute atomic E-state index is 13.1. The summed E-state index contributed by atoms with van der Waals surface area (Å²) in [4.78, 5) is 40.3. The molecule has 154 valence electrons. The van der Waals surface area contributed by atoms with Gasteiger partial charge in [-0.3, -0.25) is 9.59 Å². The minimum Gasteiger partial charge on any atom is -0.325 e. The number of hydrogen-bond acceptors (Lipinski definition) is 6. The number of benzene rings is 1. The van der Waals surface area contributed by atoms with Gasteiger partial charge in [0, 0.05) is 30.0 Å². The fraction of sp³-hybridized carbons (Fsp3) is 0.250. The van der Waals surface area contributed by atoms with E-state index in [9.17, 15) is 9.59 Å². The van der Waals surface area contributed by atoms with Crippen LogP contribution < -0.4 is 5.32 Å². The summed E-state index contributed by atoms with van der Waals surface area (Å²) in [6, 6.07) is 6.01. The normalized spacial score (nSPS) is 16.3. The molecule has 1 fully saturated rings. The van der Waals surface area contributed by atoms with E-state index >= 15 is 0 Å². The molecule has 2 amide bonds. The number of amides is 2. The van der Waals surface area contributed by atoms with E-state index in [0.29, 0.717) is 39.5 Å². The average molecular weight is 462 g/mol. The molecule has 2 aromatic heterocycles. The summed E-state index contributed by atoms with van der Waals surface area (Å²) in [5.74, 6) is -0.0696. The lowest BCUT2D eigenvalue weighted by molar-refractivity contribution is -0.121. The Morgan fingerprint density at radius 1 is 1.13 bits per heavy atom. The molecule has 3 heterocycles. The van der Waals surface area contributed by atoms with Crippen LogP contribution in [0.3, 0.4) is 0 Å². The number of nitrogens with zero attached hydrogens (tertiary/aromatic N) is 4. The van der Waals surface area contributed by atoms with E-state index in [1.54, 1.807) is 46.9 Å². The molecule has 0 bridgehead atoms. The largest absolute Gasteiger partial charge is 0.325 e. The number of likely N-dealkylation sites (tertiary alicyclic amines) is 1. The quantitative estimate of drug-likeness (QED) is 0.615. The lowest BCUT2D eigenvalue weighted by atomic mass is 10.0. The Morgan fingerprint density at radius 2 is 1.93 bits per heavy atom. The zero-order chi connectivity index (χ0) is 21.1. The van der Waals surface area contributed by atoms with Crippen molar-refractivity contribution in [1.82, 2.24) is 19.9 Å². The Morgan fingerprint density at radius 3 is 2.70 bits per heavy atom. The van der Waals surface area contributed by atoms with Gasteiger partial charge in [-0.15, -0.1) is 11.3 Å². The van der Waals surface area contributed by atoms with Gasteiger partial charge in [-0.1, -0.05) is 23.2 Å². The molecule has 1 aromatic carbocycles. The highest BCUT2D eigenvalue weighted by Crippen LogP contribution is 2.27. The number of rotatable bonds is 4. The highest BCUT2D eigenvalue weighted by molar-refractivity contribution is 7.13. The molecule has 3 aromatic rings. The first kappa shape index (κ1) is 20.7. The van der Waals surface area contributed by atoms with Crippen molar-refractivity contribution in [2.24, 2.45) is 0 Å². The maximum atomic E-state index is 13.1. The standard InChI is InChI=1S/C20H17Cl2N5O2S/c21-13-6-5-12(10-14(13)22)25-18(28)16-4-1-2-9-27(16)20(29)15-11-30-19(26-15)17-23-7-3-8-24-17/h3,5-8,10-11,16H,1-2,4,9H2,(H,25,28).